The molecule has 1 saturated heterocycles. The molecule has 0 aromatic heterocycles. The number of rotatable bonds is 10. The number of thioether (sulfide) groups is 1. The molecule has 0 saturated carbocycles. The van der Waals surface area contributed by atoms with Crippen molar-refractivity contribution < 1.29 is 14.4 Å². The highest BCUT2D eigenvalue weighted by Crippen LogP contribution is 2.44. The van der Waals surface area contributed by atoms with Crippen LogP contribution < -0.4 is 10.2 Å². The number of para-hydroxylation sites is 2. The quantitative estimate of drug-likeness (QED) is 0.239. The van der Waals surface area contributed by atoms with Gasteiger partial charge in [0.05, 0.1) is 16.2 Å². The molecule has 4 rings (SSSR count). The van der Waals surface area contributed by atoms with Gasteiger partial charge in [-0.25, -0.2) is 0 Å². The Balaban J connectivity index is 1.51. The molecule has 0 aliphatic carbocycles. The van der Waals surface area contributed by atoms with Gasteiger partial charge in [0.2, 0.25) is 5.91 Å². The van der Waals surface area contributed by atoms with Crippen LogP contribution in [-0.4, -0.2) is 40.0 Å². The first-order valence-electron chi connectivity index (χ1n) is 12.5. The number of carbonyl (C=O) groups is 3. The molecular weight excluding hydrogens is 490 g/mol. The Bertz CT molecular complexity index is 1220. The van der Waals surface area contributed by atoms with E-state index in [1.165, 1.54) is 35.9 Å². The van der Waals surface area contributed by atoms with Gasteiger partial charge in [0.25, 0.3) is 11.8 Å². The number of anilines is 2. The van der Waals surface area contributed by atoms with Gasteiger partial charge in [-0.15, -0.1) is 0 Å². The molecule has 1 fully saturated rings. The van der Waals surface area contributed by atoms with E-state index in [0.29, 0.717) is 38.3 Å². The van der Waals surface area contributed by atoms with Crippen molar-refractivity contribution >= 4 is 63.0 Å². The molecule has 36 heavy (non-hydrogen) atoms. The zero-order valence-electron chi connectivity index (χ0n) is 20.7. The molecule has 0 atom stereocenters. The zero-order chi connectivity index (χ0) is 25.7. The van der Waals surface area contributed by atoms with Gasteiger partial charge >= 0.3 is 0 Å². The molecule has 3 amide bonds. The van der Waals surface area contributed by atoms with Crippen LogP contribution in [0.2, 0.25) is 0 Å². The van der Waals surface area contributed by atoms with Crippen molar-refractivity contribution in [2.24, 2.45) is 0 Å². The van der Waals surface area contributed by atoms with Gasteiger partial charge in [-0.2, -0.15) is 0 Å². The second-order valence-electron chi connectivity index (χ2n) is 9.07. The summed E-state index contributed by atoms with van der Waals surface area (Å²) in [6, 6.07) is 14.8. The average molecular weight is 522 g/mol. The maximum atomic E-state index is 13.6. The van der Waals surface area contributed by atoms with Crippen LogP contribution in [0.25, 0.3) is 5.57 Å². The standard InChI is InChI=1S/C28H31N3O3S2/c1-3-4-5-6-7-12-17-30-27(34)25(36-28(30)35)24-20-14-9-11-16-22(20)31(26(24)33)18-23(32)29-21-15-10-8-13-19(21)2/h8-11,13-16H,3-7,12,17-18H2,1-2H3,(H,29,32). The summed E-state index contributed by atoms with van der Waals surface area (Å²) >= 11 is 6.70. The third kappa shape index (κ3) is 5.55. The van der Waals surface area contributed by atoms with Gasteiger partial charge in [-0.3, -0.25) is 24.2 Å². The highest BCUT2D eigenvalue weighted by molar-refractivity contribution is 8.26. The first-order chi connectivity index (χ1) is 17.4. The van der Waals surface area contributed by atoms with E-state index in [1.54, 1.807) is 11.0 Å². The van der Waals surface area contributed by atoms with Crippen molar-refractivity contribution in [1.82, 2.24) is 4.90 Å². The first kappa shape index (κ1) is 26.1. The predicted molar refractivity (Wildman–Crippen MR) is 151 cm³/mol. The number of hydrogen-bond donors (Lipinski definition) is 1. The lowest BCUT2D eigenvalue weighted by atomic mass is 10.1. The molecule has 8 heteroatoms. The first-order valence-corrected chi connectivity index (χ1v) is 13.7. The van der Waals surface area contributed by atoms with E-state index in [0.717, 1.165) is 24.8 Å². The van der Waals surface area contributed by atoms with E-state index in [2.05, 4.69) is 12.2 Å². The van der Waals surface area contributed by atoms with Gasteiger partial charge < -0.3 is 5.32 Å². The maximum absolute atomic E-state index is 13.6. The summed E-state index contributed by atoms with van der Waals surface area (Å²) in [5.41, 5.74) is 3.26. The lowest BCUT2D eigenvalue weighted by Crippen LogP contribution is -2.35. The van der Waals surface area contributed by atoms with Gasteiger partial charge in [0.15, 0.2) is 0 Å². The number of nitrogens with zero attached hydrogens (tertiary/aromatic N) is 2. The third-order valence-electron chi connectivity index (χ3n) is 6.46. The molecule has 0 radical (unpaired) electrons. The summed E-state index contributed by atoms with van der Waals surface area (Å²) in [7, 11) is 0. The zero-order valence-corrected chi connectivity index (χ0v) is 22.3. The molecule has 2 aliphatic rings. The normalized spacial score (nSPS) is 17.2. The molecule has 2 aromatic carbocycles. The monoisotopic (exact) mass is 521 g/mol. The SMILES string of the molecule is CCCCCCCCN1C(=O)C(=C2C(=O)N(CC(=O)Nc3ccccc3C)c3ccccc32)SC1=S. The fourth-order valence-corrected chi connectivity index (χ4v) is 5.88. The lowest BCUT2D eigenvalue weighted by molar-refractivity contribution is -0.122. The second kappa shape index (κ2) is 11.8. The fraction of sp³-hybridized carbons (Fsp3) is 0.357. The average Bonchev–Trinajstić information content (AvgIpc) is 3.29. The van der Waals surface area contributed by atoms with Crippen LogP contribution in [0.3, 0.4) is 0 Å². The van der Waals surface area contributed by atoms with Crippen molar-refractivity contribution in [1.29, 1.82) is 0 Å². The van der Waals surface area contributed by atoms with Gasteiger partial charge in [-0.05, 0) is 31.0 Å². The Morgan fingerprint density at radius 2 is 1.61 bits per heavy atom. The second-order valence-corrected chi connectivity index (χ2v) is 10.7. The Morgan fingerprint density at radius 3 is 2.39 bits per heavy atom. The number of amides is 3. The number of fused-ring (bicyclic) bond motifs is 1. The van der Waals surface area contributed by atoms with E-state index in [1.807, 2.05) is 49.4 Å². The van der Waals surface area contributed by atoms with Crippen LogP contribution >= 0.6 is 24.0 Å². The number of hydrogen-bond acceptors (Lipinski definition) is 5. The Labute approximate surface area is 222 Å². The minimum Gasteiger partial charge on any atom is -0.324 e. The molecule has 2 aliphatic heterocycles. The highest BCUT2D eigenvalue weighted by atomic mass is 32.2. The van der Waals surface area contributed by atoms with Gasteiger partial charge in [-0.1, -0.05) is 99.4 Å². The molecule has 6 nitrogen and oxygen atoms in total. The third-order valence-corrected chi connectivity index (χ3v) is 7.90. The predicted octanol–water partition coefficient (Wildman–Crippen LogP) is 5.91. The number of carbonyl (C=O) groups excluding carboxylic acids is 3. The van der Waals surface area contributed by atoms with Crippen LogP contribution in [-0.2, 0) is 14.4 Å². The minimum atomic E-state index is -0.351. The van der Waals surface area contributed by atoms with Gasteiger partial charge in [0.1, 0.15) is 10.9 Å². The number of nitrogens with one attached hydrogen (secondary N) is 1. The molecule has 1 N–H and O–H groups in total. The summed E-state index contributed by atoms with van der Waals surface area (Å²) in [4.78, 5) is 43.2. The van der Waals surface area contributed by atoms with Crippen LogP contribution in [0.15, 0.2) is 53.4 Å². The summed E-state index contributed by atoms with van der Waals surface area (Å²) in [5.74, 6) is -0.872. The van der Waals surface area contributed by atoms with Crippen LogP contribution in [0, 0.1) is 6.92 Å². The number of benzene rings is 2. The summed E-state index contributed by atoms with van der Waals surface area (Å²) in [5, 5.41) is 2.89. The summed E-state index contributed by atoms with van der Waals surface area (Å²) < 4.78 is 0.483. The van der Waals surface area contributed by atoms with Crippen molar-refractivity contribution in [2.45, 2.75) is 52.4 Å². The molecular formula is C28H31N3O3S2. The number of unbranched alkanes of at least 4 members (excludes halogenated alkanes) is 5. The molecule has 188 valence electrons. The minimum absolute atomic E-state index is 0.147. The van der Waals surface area contributed by atoms with Crippen molar-refractivity contribution in [3.05, 3.63) is 64.6 Å². The lowest BCUT2D eigenvalue weighted by Gasteiger charge is -2.17. The maximum Gasteiger partial charge on any atom is 0.267 e. The van der Waals surface area contributed by atoms with E-state index >= 15 is 0 Å². The van der Waals surface area contributed by atoms with Crippen LogP contribution in [0.5, 0.6) is 0 Å². The molecule has 0 spiro atoms. The van der Waals surface area contributed by atoms with E-state index in [4.69, 9.17) is 12.2 Å². The largest absolute Gasteiger partial charge is 0.324 e. The van der Waals surface area contributed by atoms with Crippen molar-refractivity contribution in [3.63, 3.8) is 0 Å². The Hall–Kier alpha value is -2.97. The molecule has 2 heterocycles. The summed E-state index contributed by atoms with van der Waals surface area (Å²) in [6.45, 7) is 4.52. The molecule has 0 bridgehead atoms. The van der Waals surface area contributed by atoms with E-state index < -0.39 is 0 Å². The molecule has 2 aromatic rings. The van der Waals surface area contributed by atoms with Crippen LogP contribution in [0.4, 0.5) is 11.4 Å². The van der Waals surface area contributed by atoms with E-state index in [-0.39, 0.29) is 24.3 Å². The summed E-state index contributed by atoms with van der Waals surface area (Å²) in [6.07, 6.45) is 6.71. The number of aryl methyl sites for hydroxylation is 1. The fourth-order valence-electron chi connectivity index (χ4n) is 4.50. The number of thiocarbonyl (C=S) groups is 1. The highest BCUT2D eigenvalue weighted by Gasteiger charge is 2.42. The van der Waals surface area contributed by atoms with E-state index in [9.17, 15) is 14.4 Å². The Morgan fingerprint density at radius 1 is 0.917 bits per heavy atom. The molecule has 0 unspecified atom stereocenters. The Kier molecular flexibility index (Phi) is 8.59. The van der Waals surface area contributed by atoms with Crippen molar-refractivity contribution in [3.8, 4) is 0 Å². The topological polar surface area (TPSA) is 69.7 Å². The van der Waals surface area contributed by atoms with Crippen LogP contribution in [0.1, 0.15) is 56.6 Å². The van der Waals surface area contributed by atoms with Gasteiger partial charge in [0, 0.05) is 17.8 Å². The van der Waals surface area contributed by atoms with Crippen molar-refractivity contribution in [2.75, 3.05) is 23.3 Å². The smallest absolute Gasteiger partial charge is 0.267 e.